The summed E-state index contributed by atoms with van der Waals surface area (Å²) < 4.78 is 13.2. The smallest absolute Gasteiger partial charge is 0.351 e. The first-order valence-corrected chi connectivity index (χ1v) is 8.87. The molecule has 138 valence electrons. The molecule has 3 aromatic carbocycles. The molecule has 0 aliphatic carbocycles. The Morgan fingerprint density at radius 1 is 0.786 bits per heavy atom. The Labute approximate surface area is 162 Å². The largest absolute Gasteiger partial charge is 0.438 e. The predicted molar refractivity (Wildman–Crippen MR) is 106 cm³/mol. The summed E-state index contributed by atoms with van der Waals surface area (Å²) in [6.45, 7) is 1.76. The zero-order valence-corrected chi connectivity index (χ0v) is 15.3. The second-order valence-electron chi connectivity index (χ2n) is 6.13. The van der Waals surface area contributed by atoms with E-state index in [1.807, 2.05) is 78.9 Å². The number of ether oxygens (including phenoxy) is 2. The Morgan fingerprint density at radius 2 is 1.32 bits per heavy atom. The van der Waals surface area contributed by atoms with E-state index in [-0.39, 0.29) is 5.56 Å². The number of aryl methyl sites for hydroxylation is 1. The van der Waals surface area contributed by atoms with Crippen molar-refractivity contribution in [2.75, 3.05) is 0 Å². The van der Waals surface area contributed by atoms with Crippen LogP contribution in [0.3, 0.4) is 0 Å². The van der Waals surface area contributed by atoms with E-state index in [0.717, 1.165) is 5.69 Å². The van der Waals surface area contributed by atoms with Gasteiger partial charge < -0.3 is 9.47 Å². The van der Waals surface area contributed by atoms with Crippen LogP contribution in [0.1, 0.15) is 16.1 Å². The van der Waals surface area contributed by atoms with Crippen LogP contribution in [0.5, 0.6) is 17.4 Å². The maximum Gasteiger partial charge on any atom is 0.351 e. The Balaban J connectivity index is 1.78. The minimum absolute atomic E-state index is 0.288. The first-order chi connectivity index (χ1) is 13.7. The number of nitrogens with zero attached hydrogens (tertiary/aromatic N) is 2. The highest BCUT2D eigenvalue weighted by Gasteiger charge is 2.26. The van der Waals surface area contributed by atoms with Crippen molar-refractivity contribution in [2.24, 2.45) is 0 Å². The molecular weight excluding hydrogens is 352 g/mol. The van der Waals surface area contributed by atoms with Gasteiger partial charge in [-0.2, -0.15) is 9.78 Å². The summed E-state index contributed by atoms with van der Waals surface area (Å²) in [5.74, 6) is 0.867. The van der Waals surface area contributed by atoms with Gasteiger partial charge in [0.1, 0.15) is 17.1 Å². The van der Waals surface area contributed by atoms with Crippen LogP contribution in [0.2, 0.25) is 0 Å². The molecule has 0 N–H and O–H groups in total. The van der Waals surface area contributed by atoms with Gasteiger partial charge in [-0.3, -0.25) is 0 Å². The lowest BCUT2D eigenvalue weighted by Gasteiger charge is -2.11. The van der Waals surface area contributed by atoms with Gasteiger partial charge in [0.2, 0.25) is 5.88 Å². The first kappa shape index (κ1) is 17.5. The summed E-state index contributed by atoms with van der Waals surface area (Å²) >= 11 is 0. The summed E-state index contributed by atoms with van der Waals surface area (Å²) in [6.07, 6.45) is 0. The molecule has 4 aromatic rings. The van der Waals surface area contributed by atoms with Gasteiger partial charge in [-0.05, 0) is 43.3 Å². The highest BCUT2D eigenvalue weighted by Crippen LogP contribution is 2.31. The molecule has 0 aliphatic rings. The topological polar surface area (TPSA) is 53.4 Å². The van der Waals surface area contributed by atoms with Crippen molar-refractivity contribution in [3.05, 3.63) is 102 Å². The maximum atomic E-state index is 12.9. The molecule has 0 aliphatic heterocycles. The fourth-order valence-electron chi connectivity index (χ4n) is 2.83. The van der Waals surface area contributed by atoms with Crippen molar-refractivity contribution in [3.63, 3.8) is 0 Å². The number of aromatic nitrogens is 2. The van der Waals surface area contributed by atoms with Gasteiger partial charge in [-0.15, -0.1) is 0 Å². The number of rotatable bonds is 5. The van der Waals surface area contributed by atoms with Gasteiger partial charge in [0.25, 0.3) is 0 Å². The Hall–Kier alpha value is -3.86. The van der Waals surface area contributed by atoms with Crippen LogP contribution < -0.4 is 9.47 Å². The third-order valence-corrected chi connectivity index (χ3v) is 4.13. The number of carbonyl (C=O) groups is 1. The zero-order chi connectivity index (χ0) is 19.3. The Bertz CT molecular complexity index is 1080. The molecule has 28 heavy (non-hydrogen) atoms. The van der Waals surface area contributed by atoms with Gasteiger partial charge in [-0.25, -0.2) is 4.79 Å². The second kappa shape index (κ2) is 7.80. The van der Waals surface area contributed by atoms with Gasteiger partial charge in [-0.1, -0.05) is 54.6 Å². The molecule has 1 heterocycles. The van der Waals surface area contributed by atoms with Crippen LogP contribution in [0.25, 0.3) is 5.69 Å². The molecule has 0 radical (unpaired) electrons. The van der Waals surface area contributed by atoms with Crippen LogP contribution in [0.15, 0.2) is 91.0 Å². The molecule has 4 rings (SSSR count). The van der Waals surface area contributed by atoms with Crippen LogP contribution >= 0.6 is 0 Å². The van der Waals surface area contributed by atoms with E-state index in [1.54, 1.807) is 23.7 Å². The zero-order valence-electron chi connectivity index (χ0n) is 15.3. The lowest BCUT2D eigenvalue weighted by molar-refractivity contribution is 0.0731. The Morgan fingerprint density at radius 3 is 1.93 bits per heavy atom. The predicted octanol–water partition coefficient (Wildman–Crippen LogP) is 5.19. The monoisotopic (exact) mass is 370 g/mol. The quantitative estimate of drug-likeness (QED) is 0.358. The van der Waals surface area contributed by atoms with Crippen LogP contribution in [0, 0.1) is 6.92 Å². The molecule has 0 saturated carbocycles. The van der Waals surface area contributed by atoms with Gasteiger partial charge in [0.05, 0.1) is 11.4 Å². The van der Waals surface area contributed by atoms with Crippen molar-refractivity contribution in [1.82, 2.24) is 9.78 Å². The fourth-order valence-corrected chi connectivity index (χ4v) is 2.83. The van der Waals surface area contributed by atoms with Crippen molar-refractivity contribution in [1.29, 1.82) is 0 Å². The summed E-state index contributed by atoms with van der Waals surface area (Å²) in [7, 11) is 0. The molecule has 0 atom stereocenters. The normalized spacial score (nSPS) is 10.5. The second-order valence-corrected chi connectivity index (χ2v) is 6.13. The van der Waals surface area contributed by atoms with Crippen LogP contribution in [0.4, 0.5) is 0 Å². The van der Waals surface area contributed by atoms with E-state index >= 15 is 0 Å². The van der Waals surface area contributed by atoms with E-state index in [0.29, 0.717) is 23.1 Å². The fraction of sp³-hybridized carbons (Fsp3) is 0.0435. The van der Waals surface area contributed by atoms with Gasteiger partial charge in [0.15, 0.2) is 0 Å². The molecule has 5 nitrogen and oxygen atoms in total. The maximum absolute atomic E-state index is 12.9. The molecular formula is C23H18N2O3. The minimum Gasteiger partial charge on any atom is -0.438 e. The average molecular weight is 370 g/mol. The third-order valence-electron chi connectivity index (χ3n) is 4.13. The molecule has 5 heteroatoms. The molecule has 0 spiro atoms. The third kappa shape index (κ3) is 3.64. The first-order valence-electron chi connectivity index (χ1n) is 8.87. The number of carbonyl (C=O) groups excluding carboxylic acids is 1. The number of benzene rings is 3. The van der Waals surface area contributed by atoms with Crippen molar-refractivity contribution >= 4 is 5.97 Å². The van der Waals surface area contributed by atoms with Crippen molar-refractivity contribution in [3.8, 4) is 23.1 Å². The average Bonchev–Trinajstić information content (AvgIpc) is 3.06. The molecule has 0 unspecified atom stereocenters. The number of hydrogen-bond acceptors (Lipinski definition) is 4. The van der Waals surface area contributed by atoms with Gasteiger partial charge >= 0.3 is 5.97 Å². The summed E-state index contributed by atoms with van der Waals surface area (Å²) in [5.41, 5.74) is 1.60. The van der Waals surface area contributed by atoms with E-state index < -0.39 is 5.97 Å². The molecule has 0 saturated heterocycles. The molecule has 1 aromatic heterocycles. The lowest BCUT2D eigenvalue weighted by atomic mass is 10.2. The van der Waals surface area contributed by atoms with E-state index in [9.17, 15) is 4.79 Å². The molecule has 0 amide bonds. The summed E-state index contributed by atoms with van der Waals surface area (Å²) in [4.78, 5) is 12.9. The minimum atomic E-state index is -0.517. The molecule has 0 bridgehead atoms. The van der Waals surface area contributed by atoms with E-state index in [2.05, 4.69) is 5.10 Å². The SMILES string of the molecule is Cc1nn(-c2ccccc2)c(Oc2ccccc2)c1C(=O)Oc1ccccc1. The van der Waals surface area contributed by atoms with Gasteiger partial charge in [0, 0.05) is 0 Å². The van der Waals surface area contributed by atoms with Crippen LogP contribution in [-0.4, -0.2) is 15.7 Å². The van der Waals surface area contributed by atoms with Crippen LogP contribution in [-0.2, 0) is 0 Å². The Kier molecular flexibility index (Phi) is 4.89. The van der Waals surface area contributed by atoms with Crippen molar-refractivity contribution < 1.29 is 14.3 Å². The number of para-hydroxylation sites is 3. The summed E-state index contributed by atoms with van der Waals surface area (Å²) in [6, 6.07) is 27.7. The number of hydrogen-bond donors (Lipinski definition) is 0. The van der Waals surface area contributed by atoms with E-state index in [1.165, 1.54) is 0 Å². The highest BCUT2D eigenvalue weighted by molar-refractivity contribution is 5.95. The molecule has 0 fully saturated rings. The van der Waals surface area contributed by atoms with E-state index in [4.69, 9.17) is 9.47 Å². The summed E-state index contributed by atoms with van der Waals surface area (Å²) in [5, 5.41) is 4.53. The number of esters is 1. The standard InChI is InChI=1S/C23H18N2O3/c1-17-21(23(26)28-20-15-9-4-10-16-20)22(27-19-13-7-3-8-14-19)25(24-17)18-11-5-2-6-12-18/h2-16H,1H3. The highest BCUT2D eigenvalue weighted by atomic mass is 16.5. The van der Waals surface area contributed by atoms with Crippen molar-refractivity contribution in [2.45, 2.75) is 6.92 Å². The lowest BCUT2D eigenvalue weighted by Crippen LogP contribution is -2.11.